The molecule has 1 aliphatic heterocycles. The molecule has 5 heteroatoms. The van der Waals surface area contributed by atoms with Gasteiger partial charge in [0.05, 0.1) is 6.61 Å². The van der Waals surface area contributed by atoms with Gasteiger partial charge in [-0.15, -0.1) is 12.4 Å². The summed E-state index contributed by atoms with van der Waals surface area (Å²) < 4.78 is 5.37. The van der Waals surface area contributed by atoms with Gasteiger partial charge in [0.25, 0.3) is 5.91 Å². The lowest BCUT2D eigenvalue weighted by molar-refractivity contribution is -0.135. The Balaban J connectivity index is 0.00000112. The number of nitrogens with one attached hydrogen (secondary N) is 2. The molecule has 0 aromatic rings. The van der Waals surface area contributed by atoms with E-state index in [4.69, 9.17) is 4.74 Å². The number of amides is 1. The van der Waals surface area contributed by atoms with Crippen molar-refractivity contribution in [1.29, 1.82) is 0 Å². The van der Waals surface area contributed by atoms with Gasteiger partial charge in [0, 0.05) is 19.1 Å². The fourth-order valence-corrected chi connectivity index (χ4v) is 1.77. The van der Waals surface area contributed by atoms with Gasteiger partial charge in [0.1, 0.15) is 6.10 Å². The molecular formula is C10H19ClN2O2. The molecule has 0 radical (unpaired) electrons. The summed E-state index contributed by atoms with van der Waals surface area (Å²) in [4.78, 5) is 11.7. The van der Waals surface area contributed by atoms with E-state index in [1.54, 1.807) is 0 Å². The van der Waals surface area contributed by atoms with Gasteiger partial charge in [0.15, 0.2) is 0 Å². The predicted octanol–water partition coefficient (Wildman–Crippen LogP) is 0.311. The zero-order valence-electron chi connectivity index (χ0n) is 8.99. The fourth-order valence-electron chi connectivity index (χ4n) is 1.77. The Labute approximate surface area is 96.5 Å². The van der Waals surface area contributed by atoms with Crippen LogP contribution in [0.4, 0.5) is 0 Å². The van der Waals surface area contributed by atoms with E-state index < -0.39 is 0 Å². The summed E-state index contributed by atoms with van der Waals surface area (Å²) >= 11 is 0. The lowest BCUT2D eigenvalue weighted by atomic mass is 10.2. The van der Waals surface area contributed by atoms with Crippen LogP contribution >= 0.6 is 12.4 Å². The van der Waals surface area contributed by atoms with E-state index in [9.17, 15) is 4.79 Å². The highest BCUT2D eigenvalue weighted by atomic mass is 35.5. The summed E-state index contributed by atoms with van der Waals surface area (Å²) in [5, 5.41) is 6.16. The molecule has 2 fully saturated rings. The second-order valence-corrected chi connectivity index (χ2v) is 4.20. The molecule has 0 bridgehead atoms. The SMILES string of the molecule is CC(NC(=O)[C@H]1CNCCO1)C1CC1.Cl. The second-order valence-electron chi connectivity index (χ2n) is 4.20. The fraction of sp³-hybridized carbons (Fsp3) is 0.900. The van der Waals surface area contributed by atoms with Gasteiger partial charge in [-0.2, -0.15) is 0 Å². The molecule has 2 N–H and O–H groups in total. The van der Waals surface area contributed by atoms with Crippen LogP contribution in [0.2, 0.25) is 0 Å². The monoisotopic (exact) mass is 234 g/mol. The van der Waals surface area contributed by atoms with E-state index in [1.165, 1.54) is 12.8 Å². The third-order valence-corrected chi connectivity index (χ3v) is 2.92. The van der Waals surface area contributed by atoms with Crippen molar-refractivity contribution in [2.24, 2.45) is 5.92 Å². The van der Waals surface area contributed by atoms with Gasteiger partial charge in [0.2, 0.25) is 0 Å². The van der Waals surface area contributed by atoms with Crippen molar-refractivity contribution in [2.45, 2.75) is 31.9 Å². The zero-order chi connectivity index (χ0) is 9.97. The molecule has 1 amide bonds. The summed E-state index contributed by atoms with van der Waals surface area (Å²) in [6.45, 7) is 4.20. The first kappa shape index (κ1) is 12.7. The molecule has 1 aliphatic carbocycles. The number of carbonyl (C=O) groups excluding carboxylic acids is 1. The smallest absolute Gasteiger partial charge is 0.250 e. The van der Waals surface area contributed by atoms with Crippen LogP contribution in [-0.4, -0.2) is 37.7 Å². The number of ether oxygens (including phenoxy) is 1. The first-order chi connectivity index (χ1) is 6.77. The molecule has 1 heterocycles. The van der Waals surface area contributed by atoms with Gasteiger partial charge in [-0.3, -0.25) is 4.79 Å². The molecule has 0 spiro atoms. The average Bonchev–Trinajstić information content (AvgIpc) is 3.02. The molecule has 4 nitrogen and oxygen atoms in total. The lowest BCUT2D eigenvalue weighted by Crippen LogP contribution is -2.50. The minimum absolute atomic E-state index is 0. The highest BCUT2D eigenvalue weighted by molar-refractivity contribution is 5.85. The van der Waals surface area contributed by atoms with Crippen molar-refractivity contribution in [1.82, 2.24) is 10.6 Å². The van der Waals surface area contributed by atoms with Gasteiger partial charge >= 0.3 is 0 Å². The first-order valence-corrected chi connectivity index (χ1v) is 5.40. The van der Waals surface area contributed by atoms with Crippen molar-refractivity contribution in [2.75, 3.05) is 19.7 Å². The number of hydrogen-bond acceptors (Lipinski definition) is 3. The Morgan fingerprint density at radius 2 is 2.27 bits per heavy atom. The predicted molar refractivity (Wildman–Crippen MR) is 60.2 cm³/mol. The molecular weight excluding hydrogens is 216 g/mol. The van der Waals surface area contributed by atoms with Crippen LogP contribution in [0, 0.1) is 5.92 Å². The van der Waals surface area contributed by atoms with Crippen LogP contribution < -0.4 is 10.6 Å². The highest BCUT2D eigenvalue weighted by Crippen LogP contribution is 2.32. The maximum atomic E-state index is 11.7. The van der Waals surface area contributed by atoms with Crippen LogP contribution in [0.25, 0.3) is 0 Å². The third kappa shape index (κ3) is 3.63. The van der Waals surface area contributed by atoms with Crippen LogP contribution in [0.15, 0.2) is 0 Å². The molecule has 0 aromatic carbocycles. The van der Waals surface area contributed by atoms with E-state index in [0.717, 1.165) is 6.54 Å². The summed E-state index contributed by atoms with van der Waals surface area (Å²) in [6, 6.07) is 0.313. The van der Waals surface area contributed by atoms with Crippen LogP contribution in [0.3, 0.4) is 0 Å². The van der Waals surface area contributed by atoms with E-state index in [-0.39, 0.29) is 24.4 Å². The summed E-state index contributed by atoms with van der Waals surface area (Å²) in [6.07, 6.45) is 2.22. The summed E-state index contributed by atoms with van der Waals surface area (Å²) in [7, 11) is 0. The quantitative estimate of drug-likeness (QED) is 0.739. The minimum atomic E-state index is -0.287. The second kappa shape index (κ2) is 5.68. The third-order valence-electron chi connectivity index (χ3n) is 2.92. The molecule has 15 heavy (non-hydrogen) atoms. The largest absolute Gasteiger partial charge is 0.366 e. The Morgan fingerprint density at radius 1 is 1.53 bits per heavy atom. The standard InChI is InChI=1S/C10H18N2O2.ClH/c1-7(8-2-3-8)12-10(13)9-6-11-4-5-14-9;/h7-9,11H,2-6H2,1H3,(H,12,13);1H/t7?,9-;/m1./s1. The maximum Gasteiger partial charge on any atom is 0.250 e. The molecule has 1 unspecified atom stereocenters. The van der Waals surface area contributed by atoms with Gasteiger partial charge in [-0.1, -0.05) is 0 Å². The van der Waals surface area contributed by atoms with E-state index in [0.29, 0.717) is 25.1 Å². The molecule has 2 atom stereocenters. The van der Waals surface area contributed by atoms with Gasteiger partial charge in [-0.05, 0) is 25.7 Å². The number of morpholine rings is 1. The Kier molecular flexibility index (Phi) is 4.83. The molecule has 1 saturated carbocycles. The van der Waals surface area contributed by atoms with E-state index in [2.05, 4.69) is 17.6 Å². The van der Waals surface area contributed by atoms with Crippen molar-refractivity contribution in [3.05, 3.63) is 0 Å². The van der Waals surface area contributed by atoms with Gasteiger partial charge < -0.3 is 15.4 Å². The molecule has 2 aliphatic rings. The number of carbonyl (C=O) groups is 1. The maximum absolute atomic E-state index is 11.7. The first-order valence-electron chi connectivity index (χ1n) is 5.40. The number of hydrogen-bond donors (Lipinski definition) is 2. The van der Waals surface area contributed by atoms with E-state index in [1.807, 2.05) is 0 Å². The van der Waals surface area contributed by atoms with Crippen molar-refractivity contribution in [3.63, 3.8) is 0 Å². The summed E-state index contributed by atoms with van der Waals surface area (Å²) in [5.41, 5.74) is 0. The normalized spacial score (nSPS) is 27.7. The van der Waals surface area contributed by atoms with Crippen molar-refractivity contribution >= 4 is 18.3 Å². The molecule has 88 valence electrons. The highest BCUT2D eigenvalue weighted by Gasteiger charge is 2.31. The molecule has 1 saturated heterocycles. The minimum Gasteiger partial charge on any atom is -0.366 e. The van der Waals surface area contributed by atoms with E-state index >= 15 is 0 Å². The Morgan fingerprint density at radius 3 is 2.80 bits per heavy atom. The molecule has 0 aromatic heterocycles. The number of rotatable bonds is 3. The van der Waals surface area contributed by atoms with Crippen LogP contribution in [-0.2, 0) is 9.53 Å². The Bertz CT molecular complexity index is 215. The number of halogens is 1. The summed E-state index contributed by atoms with van der Waals surface area (Å²) in [5.74, 6) is 0.743. The van der Waals surface area contributed by atoms with Crippen LogP contribution in [0.1, 0.15) is 19.8 Å². The van der Waals surface area contributed by atoms with Gasteiger partial charge in [-0.25, -0.2) is 0 Å². The van der Waals surface area contributed by atoms with Crippen molar-refractivity contribution in [3.8, 4) is 0 Å². The zero-order valence-corrected chi connectivity index (χ0v) is 9.81. The van der Waals surface area contributed by atoms with Crippen LogP contribution in [0.5, 0.6) is 0 Å². The lowest BCUT2D eigenvalue weighted by Gasteiger charge is -2.24. The van der Waals surface area contributed by atoms with Crippen molar-refractivity contribution < 1.29 is 9.53 Å². The average molecular weight is 235 g/mol. The topological polar surface area (TPSA) is 50.4 Å². The Hall–Kier alpha value is -0.320. The molecule has 2 rings (SSSR count).